The third kappa shape index (κ3) is 3.14. The van der Waals surface area contributed by atoms with Crippen molar-refractivity contribution in [3.8, 4) is 11.8 Å². The van der Waals surface area contributed by atoms with E-state index < -0.39 is 0 Å². The van der Waals surface area contributed by atoms with Crippen LogP contribution in [0.2, 0.25) is 0 Å². The molecule has 0 aliphatic heterocycles. The van der Waals surface area contributed by atoms with Gasteiger partial charge in [-0.25, -0.2) is 4.98 Å². The second-order valence-corrected chi connectivity index (χ2v) is 2.57. The molecule has 0 bridgehead atoms. The number of rotatable bonds is 2. The number of anilines is 1. The highest BCUT2D eigenvalue weighted by Gasteiger charge is 1.91. The van der Waals surface area contributed by atoms with E-state index in [0.29, 0.717) is 24.2 Å². The van der Waals surface area contributed by atoms with Gasteiger partial charge in [-0.2, -0.15) is 0 Å². The van der Waals surface area contributed by atoms with E-state index in [0.717, 1.165) is 0 Å². The summed E-state index contributed by atoms with van der Waals surface area (Å²) >= 11 is 0. The van der Waals surface area contributed by atoms with E-state index in [2.05, 4.69) is 16.8 Å². The van der Waals surface area contributed by atoms with Gasteiger partial charge in [-0.3, -0.25) is 0 Å². The number of nitrogens with two attached hydrogens (primary N) is 1. The van der Waals surface area contributed by atoms with E-state index in [1.807, 2.05) is 0 Å². The second-order valence-electron chi connectivity index (χ2n) is 2.57. The lowest BCUT2D eigenvalue weighted by Gasteiger charge is -1.93. The standard InChI is InChI=1S/C10H12N2O/c11-9-5-4-7-12-10(9)6-2-1-3-8-13/h4-5,7,13H,1,3,8,11H2. The lowest BCUT2D eigenvalue weighted by molar-refractivity contribution is 0.290. The molecule has 0 aliphatic carbocycles. The Morgan fingerprint density at radius 3 is 3.08 bits per heavy atom. The van der Waals surface area contributed by atoms with Gasteiger partial charge in [-0.05, 0) is 24.5 Å². The lowest BCUT2D eigenvalue weighted by Crippen LogP contribution is -1.92. The maximum Gasteiger partial charge on any atom is 0.136 e. The summed E-state index contributed by atoms with van der Waals surface area (Å²) in [5, 5.41) is 8.51. The fraction of sp³-hybridized carbons (Fsp3) is 0.300. The monoisotopic (exact) mass is 176 g/mol. The van der Waals surface area contributed by atoms with Gasteiger partial charge in [0.2, 0.25) is 0 Å². The molecule has 3 N–H and O–H groups in total. The summed E-state index contributed by atoms with van der Waals surface area (Å²) in [4.78, 5) is 4.01. The predicted molar refractivity (Wildman–Crippen MR) is 51.8 cm³/mol. The molecule has 1 aromatic rings. The first-order chi connectivity index (χ1) is 6.34. The molecule has 0 saturated carbocycles. The Labute approximate surface area is 77.6 Å². The first-order valence-corrected chi connectivity index (χ1v) is 4.15. The number of hydrogen-bond acceptors (Lipinski definition) is 3. The molecule has 0 unspecified atom stereocenters. The smallest absolute Gasteiger partial charge is 0.136 e. The molecule has 0 spiro atoms. The van der Waals surface area contributed by atoms with Crippen LogP contribution in [0.25, 0.3) is 0 Å². The van der Waals surface area contributed by atoms with Crippen LogP contribution in [0.1, 0.15) is 18.5 Å². The third-order valence-electron chi connectivity index (χ3n) is 1.51. The molecule has 0 aliphatic rings. The number of nitrogens with zero attached hydrogens (tertiary/aromatic N) is 1. The van der Waals surface area contributed by atoms with Gasteiger partial charge in [0.15, 0.2) is 0 Å². The number of pyridine rings is 1. The summed E-state index contributed by atoms with van der Waals surface area (Å²) in [6.07, 6.45) is 3.03. The normalized spacial score (nSPS) is 9.00. The number of nitrogen functional groups attached to an aromatic ring is 1. The van der Waals surface area contributed by atoms with Crippen LogP contribution in [-0.4, -0.2) is 16.7 Å². The van der Waals surface area contributed by atoms with Crippen molar-refractivity contribution in [1.29, 1.82) is 0 Å². The molecule has 68 valence electrons. The Bertz CT molecular complexity index is 325. The number of aliphatic hydroxyl groups excluding tert-OH is 1. The average molecular weight is 176 g/mol. The molecule has 0 saturated heterocycles. The van der Waals surface area contributed by atoms with Crippen molar-refractivity contribution in [2.45, 2.75) is 12.8 Å². The van der Waals surface area contributed by atoms with Gasteiger partial charge in [0, 0.05) is 19.2 Å². The van der Waals surface area contributed by atoms with Crippen LogP contribution in [0.3, 0.4) is 0 Å². The Morgan fingerprint density at radius 2 is 2.38 bits per heavy atom. The van der Waals surface area contributed by atoms with Crippen LogP contribution in [0, 0.1) is 11.8 Å². The molecule has 0 aromatic carbocycles. The molecular formula is C10H12N2O. The molecular weight excluding hydrogens is 164 g/mol. The minimum atomic E-state index is 0.173. The Kier molecular flexibility index (Phi) is 3.80. The van der Waals surface area contributed by atoms with Crippen LogP contribution in [0.15, 0.2) is 18.3 Å². The second kappa shape index (κ2) is 5.18. The highest BCUT2D eigenvalue weighted by molar-refractivity contribution is 5.50. The van der Waals surface area contributed by atoms with E-state index in [4.69, 9.17) is 10.8 Å². The van der Waals surface area contributed by atoms with Crippen LogP contribution >= 0.6 is 0 Å². The van der Waals surface area contributed by atoms with Crippen molar-refractivity contribution in [2.24, 2.45) is 0 Å². The zero-order valence-electron chi connectivity index (χ0n) is 7.33. The molecule has 3 nitrogen and oxygen atoms in total. The van der Waals surface area contributed by atoms with Crippen LogP contribution < -0.4 is 5.73 Å². The minimum absolute atomic E-state index is 0.173. The molecule has 0 radical (unpaired) electrons. The molecule has 1 rings (SSSR count). The fourth-order valence-electron chi connectivity index (χ4n) is 0.836. The minimum Gasteiger partial charge on any atom is -0.396 e. The highest BCUT2D eigenvalue weighted by atomic mass is 16.2. The Hall–Kier alpha value is -1.53. The zero-order valence-corrected chi connectivity index (χ0v) is 7.33. The van der Waals surface area contributed by atoms with Crippen molar-refractivity contribution in [3.63, 3.8) is 0 Å². The summed E-state index contributed by atoms with van der Waals surface area (Å²) < 4.78 is 0. The number of unbranched alkanes of at least 4 members (excludes halogenated alkanes) is 1. The largest absolute Gasteiger partial charge is 0.396 e. The van der Waals surface area contributed by atoms with Crippen molar-refractivity contribution >= 4 is 5.69 Å². The van der Waals surface area contributed by atoms with Gasteiger partial charge in [-0.15, -0.1) is 0 Å². The quantitative estimate of drug-likeness (QED) is 0.517. The fourth-order valence-corrected chi connectivity index (χ4v) is 0.836. The molecule has 0 fully saturated rings. The van der Waals surface area contributed by atoms with Crippen molar-refractivity contribution < 1.29 is 5.11 Å². The van der Waals surface area contributed by atoms with E-state index in [-0.39, 0.29) is 6.61 Å². The molecule has 0 amide bonds. The van der Waals surface area contributed by atoms with Crippen LogP contribution in [-0.2, 0) is 0 Å². The summed E-state index contributed by atoms with van der Waals surface area (Å²) in [5.41, 5.74) is 6.83. The lowest BCUT2D eigenvalue weighted by atomic mass is 10.2. The molecule has 13 heavy (non-hydrogen) atoms. The Balaban J connectivity index is 2.61. The van der Waals surface area contributed by atoms with Gasteiger partial charge < -0.3 is 10.8 Å². The van der Waals surface area contributed by atoms with Gasteiger partial charge in [-0.1, -0.05) is 5.92 Å². The van der Waals surface area contributed by atoms with Crippen molar-refractivity contribution in [3.05, 3.63) is 24.0 Å². The van der Waals surface area contributed by atoms with Crippen molar-refractivity contribution in [1.82, 2.24) is 4.98 Å². The van der Waals surface area contributed by atoms with E-state index in [9.17, 15) is 0 Å². The van der Waals surface area contributed by atoms with E-state index in [1.54, 1.807) is 18.3 Å². The Morgan fingerprint density at radius 1 is 1.54 bits per heavy atom. The SMILES string of the molecule is Nc1cccnc1C#CCCCO. The summed E-state index contributed by atoms with van der Waals surface area (Å²) in [5.74, 6) is 5.74. The van der Waals surface area contributed by atoms with Gasteiger partial charge >= 0.3 is 0 Å². The first kappa shape index (κ1) is 9.56. The van der Waals surface area contributed by atoms with E-state index in [1.165, 1.54) is 0 Å². The van der Waals surface area contributed by atoms with Gasteiger partial charge in [0.25, 0.3) is 0 Å². The topological polar surface area (TPSA) is 59.1 Å². The highest BCUT2D eigenvalue weighted by Crippen LogP contribution is 2.04. The summed E-state index contributed by atoms with van der Waals surface area (Å²) in [6.45, 7) is 0.173. The first-order valence-electron chi connectivity index (χ1n) is 4.15. The molecule has 0 atom stereocenters. The molecule has 1 aromatic heterocycles. The maximum atomic E-state index is 8.51. The zero-order chi connectivity index (χ0) is 9.52. The van der Waals surface area contributed by atoms with Crippen LogP contribution in [0.4, 0.5) is 5.69 Å². The van der Waals surface area contributed by atoms with E-state index >= 15 is 0 Å². The van der Waals surface area contributed by atoms with Gasteiger partial charge in [0.05, 0.1) is 5.69 Å². The maximum absolute atomic E-state index is 8.51. The van der Waals surface area contributed by atoms with Gasteiger partial charge in [0.1, 0.15) is 5.69 Å². The molecule has 3 heteroatoms. The number of hydrogen-bond donors (Lipinski definition) is 2. The van der Waals surface area contributed by atoms with Crippen molar-refractivity contribution in [2.75, 3.05) is 12.3 Å². The molecule has 1 heterocycles. The van der Waals surface area contributed by atoms with Crippen LogP contribution in [0.5, 0.6) is 0 Å². The number of aliphatic hydroxyl groups is 1. The summed E-state index contributed by atoms with van der Waals surface area (Å²) in [7, 11) is 0. The summed E-state index contributed by atoms with van der Waals surface area (Å²) in [6, 6.07) is 3.54. The predicted octanol–water partition coefficient (Wildman–Crippen LogP) is 0.788. The average Bonchev–Trinajstić information content (AvgIpc) is 2.15. The third-order valence-corrected chi connectivity index (χ3v) is 1.51. The number of aromatic nitrogens is 1.